The fourth-order valence-electron chi connectivity index (χ4n) is 3.45. The molecule has 0 fully saturated rings. The van der Waals surface area contributed by atoms with Gasteiger partial charge < -0.3 is 15.2 Å². The van der Waals surface area contributed by atoms with Gasteiger partial charge in [0.2, 0.25) is 0 Å². The topological polar surface area (TPSA) is 200 Å². The van der Waals surface area contributed by atoms with Crippen LogP contribution in [0.1, 0.15) is 5.56 Å². The molecule has 0 radical (unpaired) electrons. The Morgan fingerprint density at radius 2 is 1.20 bits per heavy atom. The van der Waals surface area contributed by atoms with Crippen LogP contribution < -0.4 is 10.1 Å². The number of benzene rings is 4. The third-order valence-corrected chi connectivity index (χ3v) is 7.28. The van der Waals surface area contributed by atoms with Crippen LogP contribution in [-0.2, 0) is 26.8 Å². The van der Waals surface area contributed by atoms with Gasteiger partial charge in [-0.15, -0.1) is 0 Å². The van der Waals surface area contributed by atoms with Crippen molar-refractivity contribution >= 4 is 48.7 Å². The lowest BCUT2D eigenvalue weighted by molar-refractivity contribution is 0.373. The van der Waals surface area contributed by atoms with Gasteiger partial charge in [-0.2, -0.15) is 37.3 Å². The number of nitrogens with zero attached hydrogens (tertiary/aromatic N) is 4. The molecule has 4 aromatic carbocycles. The third kappa shape index (κ3) is 7.92. The van der Waals surface area contributed by atoms with E-state index in [9.17, 15) is 26.5 Å². The van der Waals surface area contributed by atoms with Gasteiger partial charge >= 0.3 is 0 Å². The number of rotatable bonds is 10. The largest absolute Gasteiger partial charge is 0.504 e. The number of phenolic OH excluding ortho intramolecular Hbond substituents is 1. The van der Waals surface area contributed by atoms with Crippen LogP contribution in [0.5, 0.6) is 11.5 Å². The van der Waals surface area contributed by atoms with Crippen LogP contribution in [0.25, 0.3) is 0 Å². The Labute approximate surface area is 235 Å². The Balaban J connectivity index is 1.44. The van der Waals surface area contributed by atoms with Crippen LogP contribution in [0.3, 0.4) is 0 Å². The lowest BCUT2D eigenvalue weighted by atomic mass is 10.2. The van der Waals surface area contributed by atoms with E-state index < -0.39 is 25.1 Å². The second-order valence-electron chi connectivity index (χ2n) is 8.40. The molecule has 0 aliphatic carbocycles. The Hall–Kier alpha value is -4.70. The molecular formula is C26H23N5O8S2. The molecule has 0 heterocycles. The normalized spacial score (nSPS) is 12.2. The minimum absolute atomic E-state index is 0.00849. The molecule has 0 atom stereocenters. The Kier molecular flexibility index (Phi) is 8.73. The van der Waals surface area contributed by atoms with Crippen LogP contribution in [0.2, 0.25) is 0 Å². The first-order valence-electron chi connectivity index (χ1n) is 11.6. The molecule has 41 heavy (non-hydrogen) atoms. The summed E-state index contributed by atoms with van der Waals surface area (Å²) in [6.07, 6.45) is 0. The van der Waals surface area contributed by atoms with Gasteiger partial charge in [-0.3, -0.25) is 9.11 Å². The molecule has 4 N–H and O–H groups in total. The standard InChI is InChI=1S/C26H23N5O8S2/c1-39-25-14-20(9-13-24(25)32)30-28-18-4-2-17(3-5-18)16-27-23-12-8-21(15-26(23)41(36,37)38)31-29-19-6-10-22(11-7-19)40(33,34)35/h2-15,27,32H,16H2,1H3,(H,33,34,35)(H,36,37,38). The van der Waals surface area contributed by atoms with Crippen molar-refractivity contribution in [1.82, 2.24) is 0 Å². The molecule has 4 rings (SSSR count). The summed E-state index contributed by atoms with van der Waals surface area (Å²) in [6, 6.07) is 20.5. The van der Waals surface area contributed by atoms with Crippen LogP contribution in [0, 0.1) is 0 Å². The number of methoxy groups -OCH3 is 1. The Morgan fingerprint density at radius 3 is 1.76 bits per heavy atom. The smallest absolute Gasteiger partial charge is 0.296 e. The minimum Gasteiger partial charge on any atom is -0.504 e. The highest BCUT2D eigenvalue weighted by Gasteiger charge is 2.17. The number of nitrogens with one attached hydrogen (secondary N) is 1. The van der Waals surface area contributed by atoms with Crippen LogP contribution in [-0.4, -0.2) is 38.2 Å². The molecule has 0 aromatic heterocycles. The summed E-state index contributed by atoms with van der Waals surface area (Å²) in [4.78, 5) is -0.722. The van der Waals surface area contributed by atoms with Crippen LogP contribution in [0.15, 0.2) is 115 Å². The van der Waals surface area contributed by atoms with E-state index in [2.05, 4.69) is 25.8 Å². The summed E-state index contributed by atoms with van der Waals surface area (Å²) in [6.45, 7) is 0.218. The number of aromatic hydroxyl groups is 1. The van der Waals surface area contributed by atoms with Crippen molar-refractivity contribution in [3.05, 3.63) is 90.5 Å². The van der Waals surface area contributed by atoms with Crippen molar-refractivity contribution in [3.8, 4) is 11.5 Å². The first kappa shape index (κ1) is 29.3. The number of hydrogen-bond donors (Lipinski definition) is 4. The van der Waals surface area contributed by atoms with Gasteiger partial charge in [0.15, 0.2) is 11.5 Å². The summed E-state index contributed by atoms with van der Waals surface area (Å²) >= 11 is 0. The van der Waals surface area contributed by atoms with Crippen LogP contribution >= 0.6 is 0 Å². The van der Waals surface area contributed by atoms with Gasteiger partial charge in [-0.1, -0.05) is 12.1 Å². The quantitative estimate of drug-likeness (QED) is 0.119. The van der Waals surface area contributed by atoms with Crippen molar-refractivity contribution in [2.75, 3.05) is 12.4 Å². The average Bonchev–Trinajstić information content (AvgIpc) is 2.94. The van der Waals surface area contributed by atoms with Crippen molar-refractivity contribution in [1.29, 1.82) is 0 Å². The van der Waals surface area contributed by atoms with E-state index in [0.29, 0.717) is 11.4 Å². The summed E-state index contributed by atoms with van der Waals surface area (Å²) in [7, 11) is -7.54. The minimum atomic E-state index is -4.62. The molecule has 0 bridgehead atoms. The van der Waals surface area contributed by atoms with E-state index >= 15 is 0 Å². The van der Waals surface area contributed by atoms with E-state index in [1.54, 1.807) is 36.4 Å². The number of azo groups is 2. The molecule has 0 unspecified atom stereocenters. The predicted octanol–water partition coefficient (Wildman–Crippen LogP) is 6.34. The zero-order valence-electron chi connectivity index (χ0n) is 21.3. The van der Waals surface area contributed by atoms with Gasteiger partial charge in [0.05, 0.1) is 40.4 Å². The van der Waals surface area contributed by atoms with Crippen LogP contribution in [0.4, 0.5) is 28.4 Å². The van der Waals surface area contributed by atoms with Crippen molar-refractivity contribution in [3.63, 3.8) is 0 Å². The molecule has 15 heteroatoms. The second-order valence-corrected chi connectivity index (χ2v) is 11.2. The molecule has 0 saturated carbocycles. The van der Waals surface area contributed by atoms with E-state index in [1.807, 2.05) is 0 Å². The maximum atomic E-state index is 12.0. The van der Waals surface area contributed by atoms with Gasteiger partial charge in [0, 0.05) is 12.6 Å². The fraction of sp³-hybridized carbons (Fsp3) is 0.0769. The molecule has 13 nitrogen and oxygen atoms in total. The zero-order valence-corrected chi connectivity index (χ0v) is 22.9. The highest BCUT2D eigenvalue weighted by molar-refractivity contribution is 7.86. The molecule has 0 aliphatic heterocycles. The first-order valence-corrected chi connectivity index (χ1v) is 14.5. The number of anilines is 1. The SMILES string of the molecule is COc1cc(N=Nc2ccc(CNc3ccc(N=Nc4ccc(S(=O)(=O)O)cc4)cc3S(=O)(=O)O)cc2)ccc1O. The lowest BCUT2D eigenvalue weighted by Gasteiger charge is -2.11. The molecule has 0 aliphatic rings. The first-order chi connectivity index (χ1) is 19.4. The Morgan fingerprint density at radius 1 is 0.683 bits per heavy atom. The average molecular weight is 598 g/mol. The van der Waals surface area contributed by atoms with E-state index in [0.717, 1.165) is 23.8 Å². The maximum Gasteiger partial charge on any atom is 0.296 e. The monoisotopic (exact) mass is 597 g/mol. The van der Waals surface area contributed by atoms with Gasteiger partial charge in [-0.05, 0) is 72.3 Å². The van der Waals surface area contributed by atoms with E-state index in [4.69, 9.17) is 9.29 Å². The molecule has 212 valence electrons. The summed E-state index contributed by atoms with van der Waals surface area (Å²) in [5, 5.41) is 28.8. The number of phenols is 1. The van der Waals surface area contributed by atoms with Crippen molar-refractivity contribution < 1.29 is 35.8 Å². The summed E-state index contributed by atoms with van der Waals surface area (Å²) in [5.41, 5.74) is 2.33. The summed E-state index contributed by atoms with van der Waals surface area (Å²) < 4.78 is 70.2. The fourth-order valence-corrected chi connectivity index (χ4v) is 4.62. The second kappa shape index (κ2) is 12.2. The van der Waals surface area contributed by atoms with Crippen molar-refractivity contribution in [2.24, 2.45) is 20.5 Å². The van der Waals surface area contributed by atoms with Crippen molar-refractivity contribution in [2.45, 2.75) is 16.3 Å². The summed E-state index contributed by atoms with van der Waals surface area (Å²) in [5.74, 6) is 0.266. The Bertz CT molecular complexity index is 1830. The third-order valence-electron chi connectivity index (χ3n) is 5.52. The predicted molar refractivity (Wildman–Crippen MR) is 149 cm³/mol. The van der Waals surface area contributed by atoms with E-state index in [-0.39, 0.29) is 40.0 Å². The number of hydrogen-bond acceptors (Lipinski definition) is 11. The molecule has 0 spiro atoms. The van der Waals surface area contributed by atoms with E-state index in [1.165, 1.54) is 37.4 Å². The molecule has 4 aromatic rings. The highest BCUT2D eigenvalue weighted by atomic mass is 32.2. The highest BCUT2D eigenvalue weighted by Crippen LogP contribution is 2.31. The lowest BCUT2D eigenvalue weighted by Crippen LogP contribution is -2.06. The van der Waals surface area contributed by atoms with Gasteiger partial charge in [0.25, 0.3) is 20.2 Å². The zero-order chi connectivity index (χ0) is 29.6. The molecular weight excluding hydrogens is 574 g/mol. The van der Waals surface area contributed by atoms with Gasteiger partial charge in [-0.25, -0.2) is 0 Å². The molecule has 0 saturated heterocycles. The molecule has 0 amide bonds. The maximum absolute atomic E-state index is 12.0. The number of ether oxygens (including phenoxy) is 1. The van der Waals surface area contributed by atoms with Gasteiger partial charge in [0.1, 0.15) is 4.90 Å².